The van der Waals surface area contributed by atoms with E-state index in [9.17, 15) is 9.59 Å². The number of nitrogens with zero attached hydrogens (tertiary/aromatic N) is 2. The maximum atomic E-state index is 12.4. The van der Waals surface area contributed by atoms with Crippen LogP contribution >= 0.6 is 0 Å². The lowest BCUT2D eigenvalue weighted by Crippen LogP contribution is -2.23. The van der Waals surface area contributed by atoms with Crippen LogP contribution in [-0.4, -0.2) is 27.4 Å². The molecule has 2 heterocycles. The first kappa shape index (κ1) is 18.3. The van der Waals surface area contributed by atoms with Crippen LogP contribution in [0, 0.1) is 6.92 Å². The molecule has 0 aliphatic carbocycles. The first-order valence-corrected chi connectivity index (χ1v) is 8.71. The molecule has 0 radical (unpaired) electrons. The summed E-state index contributed by atoms with van der Waals surface area (Å²) in [5, 5.41) is 6.00. The van der Waals surface area contributed by atoms with Crippen molar-refractivity contribution < 1.29 is 4.79 Å². The van der Waals surface area contributed by atoms with Gasteiger partial charge in [0.05, 0.1) is 12.2 Å². The summed E-state index contributed by atoms with van der Waals surface area (Å²) in [4.78, 5) is 35.5. The van der Waals surface area contributed by atoms with Gasteiger partial charge in [0.2, 0.25) is 0 Å². The Kier molecular flexibility index (Phi) is 5.61. The lowest BCUT2D eigenvalue weighted by molar-refractivity contribution is 0.0950. The highest BCUT2D eigenvalue weighted by Gasteiger charge is 2.09. The molecule has 1 amide bonds. The van der Waals surface area contributed by atoms with Crippen molar-refractivity contribution in [2.45, 2.75) is 20.4 Å². The minimum atomic E-state index is -0.204. The lowest BCUT2D eigenvalue weighted by Gasteiger charge is -2.09. The van der Waals surface area contributed by atoms with E-state index in [2.05, 4.69) is 25.6 Å². The molecule has 0 saturated heterocycles. The summed E-state index contributed by atoms with van der Waals surface area (Å²) in [5.74, 6) is 1.19. The fourth-order valence-electron chi connectivity index (χ4n) is 2.71. The summed E-state index contributed by atoms with van der Waals surface area (Å²) in [6, 6.07) is 12.3. The van der Waals surface area contributed by atoms with Gasteiger partial charge in [0.1, 0.15) is 11.6 Å². The number of nitrogens with one attached hydrogen (secondary N) is 3. The Morgan fingerprint density at radius 1 is 1.15 bits per heavy atom. The molecule has 3 aromatic rings. The van der Waals surface area contributed by atoms with Gasteiger partial charge in [-0.25, -0.2) is 9.97 Å². The van der Waals surface area contributed by atoms with Crippen molar-refractivity contribution in [1.82, 2.24) is 20.3 Å². The molecule has 138 valence electrons. The van der Waals surface area contributed by atoms with E-state index in [-0.39, 0.29) is 11.5 Å². The first-order valence-electron chi connectivity index (χ1n) is 8.71. The number of pyridine rings is 1. The minimum absolute atomic E-state index is 0.162. The van der Waals surface area contributed by atoms with E-state index >= 15 is 0 Å². The third-order valence-electron chi connectivity index (χ3n) is 3.96. The van der Waals surface area contributed by atoms with Crippen LogP contribution in [0.4, 0.5) is 5.82 Å². The predicted molar refractivity (Wildman–Crippen MR) is 105 cm³/mol. The molecular formula is C20H21N5O2. The maximum absolute atomic E-state index is 12.4. The SMILES string of the molecule is CCNc1cc(CNC(=O)c2ccc(-c3ccc[nH]c3=O)cc2)nc(C)n1. The Labute approximate surface area is 156 Å². The number of carbonyl (C=O) groups excluding carboxylic acids is 1. The van der Waals surface area contributed by atoms with Crippen molar-refractivity contribution in [2.75, 3.05) is 11.9 Å². The molecule has 0 unspecified atom stereocenters. The zero-order valence-corrected chi connectivity index (χ0v) is 15.2. The Morgan fingerprint density at radius 3 is 2.63 bits per heavy atom. The van der Waals surface area contributed by atoms with E-state index in [1.54, 1.807) is 42.6 Å². The summed E-state index contributed by atoms with van der Waals surface area (Å²) < 4.78 is 0. The van der Waals surface area contributed by atoms with E-state index < -0.39 is 0 Å². The number of rotatable bonds is 6. The number of benzene rings is 1. The zero-order valence-electron chi connectivity index (χ0n) is 15.2. The quantitative estimate of drug-likeness (QED) is 0.625. The van der Waals surface area contributed by atoms with Crippen LogP contribution in [0.1, 0.15) is 28.8 Å². The Morgan fingerprint density at radius 2 is 1.93 bits per heavy atom. The number of hydrogen-bond acceptors (Lipinski definition) is 5. The molecule has 2 aromatic heterocycles. The number of hydrogen-bond donors (Lipinski definition) is 3. The second-order valence-corrected chi connectivity index (χ2v) is 6.00. The summed E-state index contributed by atoms with van der Waals surface area (Å²) in [5.41, 5.74) is 2.42. The summed E-state index contributed by atoms with van der Waals surface area (Å²) in [6.45, 7) is 4.88. The largest absolute Gasteiger partial charge is 0.370 e. The molecule has 3 rings (SSSR count). The molecule has 3 N–H and O–H groups in total. The third-order valence-corrected chi connectivity index (χ3v) is 3.96. The van der Waals surface area contributed by atoms with Crippen LogP contribution in [-0.2, 0) is 6.54 Å². The van der Waals surface area contributed by atoms with Crippen molar-refractivity contribution in [2.24, 2.45) is 0 Å². The number of aromatic nitrogens is 3. The summed E-state index contributed by atoms with van der Waals surface area (Å²) in [7, 11) is 0. The number of H-pyrrole nitrogens is 1. The molecule has 0 saturated carbocycles. The molecule has 0 aliphatic heterocycles. The zero-order chi connectivity index (χ0) is 19.2. The minimum Gasteiger partial charge on any atom is -0.370 e. The van der Waals surface area contributed by atoms with Gasteiger partial charge < -0.3 is 15.6 Å². The lowest BCUT2D eigenvalue weighted by atomic mass is 10.1. The molecule has 27 heavy (non-hydrogen) atoms. The first-order chi connectivity index (χ1) is 13.1. The molecule has 1 aromatic carbocycles. The predicted octanol–water partition coefficient (Wildman–Crippen LogP) is 2.50. The van der Waals surface area contributed by atoms with Crippen molar-refractivity contribution in [3.05, 3.63) is 76.1 Å². The number of anilines is 1. The van der Waals surface area contributed by atoms with Gasteiger partial charge in [-0.1, -0.05) is 12.1 Å². The Hall–Kier alpha value is -3.48. The summed E-state index contributed by atoms with van der Waals surface area (Å²) >= 11 is 0. The normalized spacial score (nSPS) is 10.4. The number of carbonyl (C=O) groups is 1. The maximum Gasteiger partial charge on any atom is 0.255 e. The number of aryl methyl sites for hydroxylation is 1. The van der Waals surface area contributed by atoms with Gasteiger partial charge in [-0.3, -0.25) is 9.59 Å². The van der Waals surface area contributed by atoms with Crippen molar-refractivity contribution in [1.29, 1.82) is 0 Å². The van der Waals surface area contributed by atoms with Gasteiger partial charge in [-0.2, -0.15) is 0 Å². The van der Waals surface area contributed by atoms with E-state index in [0.29, 0.717) is 23.5 Å². The van der Waals surface area contributed by atoms with Crippen LogP contribution in [0.3, 0.4) is 0 Å². The van der Waals surface area contributed by atoms with Gasteiger partial charge in [0.25, 0.3) is 11.5 Å². The van der Waals surface area contributed by atoms with E-state index in [1.807, 2.05) is 19.9 Å². The molecule has 0 spiro atoms. The van der Waals surface area contributed by atoms with Gasteiger partial charge in [-0.15, -0.1) is 0 Å². The van der Waals surface area contributed by atoms with Crippen LogP contribution in [0.5, 0.6) is 0 Å². The molecule has 0 aliphatic rings. The fraction of sp³-hybridized carbons (Fsp3) is 0.200. The molecule has 7 heteroatoms. The number of aromatic amines is 1. The van der Waals surface area contributed by atoms with Gasteiger partial charge in [-0.05, 0) is 43.7 Å². The van der Waals surface area contributed by atoms with Gasteiger partial charge in [0.15, 0.2) is 0 Å². The molecule has 0 atom stereocenters. The number of amides is 1. The molecule has 0 fully saturated rings. The third kappa shape index (κ3) is 4.58. The standard InChI is InChI=1S/C20H21N5O2/c1-3-21-18-11-16(24-13(2)25-18)12-23-19(26)15-8-6-14(7-9-15)17-5-4-10-22-20(17)27/h4-11H,3,12H2,1-2H3,(H,22,27)(H,23,26)(H,21,24,25). The van der Waals surface area contributed by atoms with Crippen molar-refractivity contribution >= 4 is 11.7 Å². The van der Waals surface area contributed by atoms with Crippen molar-refractivity contribution in [3.8, 4) is 11.1 Å². The van der Waals surface area contributed by atoms with E-state index in [0.717, 1.165) is 23.6 Å². The highest BCUT2D eigenvalue weighted by atomic mass is 16.1. The molecular weight excluding hydrogens is 342 g/mol. The van der Waals surface area contributed by atoms with E-state index in [4.69, 9.17) is 0 Å². The smallest absolute Gasteiger partial charge is 0.255 e. The van der Waals surface area contributed by atoms with Crippen LogP contribution < -0.4 is 16.2 Å². The topological polar surface area (TPSA) is 99.8 Å². The fourth-order valence-corrected chi connectivity index (χ4v) is 2.71. The van der Waals surface area contributed by atoms with Crippen LogP contribution in [0.2, 0.25) is 0 Å². The van der Waals surface area contributed by atoms with Crippen molar-refractivity contribution in [3.63, 3.8) is 0 Å². The van der Waals surface area contributed by atoms with Gasteiger partial charge in [0, 0.05) is 29.9 Å². The van der Waals surface area contributed by atoms with Gasteiger partial charge >= 0.3 is 0 Å². The summed E-state index contributed by atoms with van der Waals surface area (Å²) in [6.07, 6.45) is 1.59. The second-order valence-electron chi connectivity index (χ2n) is 6.00. The monoisotopic (exact) mass is 363 g/mol. The average molecular weight is 363 g/mol. The van der Waals surface area contributed by atoms with E-state index in [1.165, 1.54) is 0 Å². The Bertz CT molecular complexity index is 996. The Balaban J connectivity index is 1.68. The second kappa shape index (κ2) is 8.27. The average Bonchev–Trinajstić information content (AvgIpc) is 2.66. The highest BCUT2D eigenvalue weighted by Crippen LogP contribution is 2.15. The van der Waals surface area contributed by atoms with Crippen LogP contribution in [0.25, 0.3) is 11.1 Å². The highest BCUT2D eigenvalue weighted by molar-refractivity contribution is 5.94. The molecule has 0 bridgehead atoms. The van der Waals surface area contributed by atoms with Crippen LogP contribution in [0.15, 0.2) is 53.5 Å². The molecule has 7 nitrogen and oxygen atoms in total.